The van der Waals surface area contributed by atoms with Crippen LogP contribution in [0.15, 0.2) is 35.7 Å². The maximum atomic E-state index is 13.3. The van der Waals surface area contributed by atoms with Gasteiger partial charge in [-0.1, -0.05) is 23.9 Å². The predicted molar refractivity (Wildman–Crippen MR) is 99.3 cm³/mol. The lowest BCUT2D eigenvalue weighted by atomic mass is 9.96. The number of carbonyl (C=O) groups excluding carboxylic acids is 2. The van der Waals surface area contributed by atoms with Crippen molar-refractivity contribution < 1.29 is 14.0 Å². The molecule has 1 N–H and O–H groups in total. The average Bonchev–Trinajstić information content (AvgIpc) is 3.05. The van der Waals surface area contributed by atoms with E-state index in [1.165, 1.54) is 23.9 Å². The summed E-state index contributed by atoms with van der Waals surface area (Å²) in [6, 6.07) is 6.19. The van der Waals surface area contributed by atoms with Crippen LogP contribution in [0.2, 0.25) is 0 Å². The van der Waals surface area contributed by atoms with Crippen LogP contribution in [0.3, 0.4) is 0 Å². The molecule has 0 bridgehead atoms. The highest BCUT2D eigenvalue weighted by atomic mass is 32.2. The normalized spacial score (nSPS) is 17.2. The Morgan fingerprint density at radius 3 is 3.04 bits per heavy atom. The lowest BCUT2D eigenvalue weighted by Gasteiger charge is -2.32. The molecule has 0 saturated carbocycles. The molecule has 1 saturated heterocycles. The Bertz CT molecular complexity index is 813. The van der Waals surface area contributed by atoms with E-state index in [0.717, 1.165) is 10.7 Å². The zero-order chi connectivity index (χ0) is 19.2. The van der Waals surface area contributed by atoms with Gasteiger partial charge in [0.2, 0.25) is 11.8 Å². The van der Waals surface area contributed by atoms with Crippen LogP contribution in [0.1, 0.15) is 18.4 Å². The van der Waals surface area contributed by atoms with Crippen LogP contribution >= 0.6 is 11.8 Å². The number of rotatable bonds is 7. The van der Waals surface area contributed by atoms with E-state index in [1.54, 1.807) is 23.4 Å². The lowest BCUT2D eigenvalue weighted by molar-refractivity contribution is -0.138. The zero-order valence-corrected chi connectivity index (χ0v) is 15.9. The smallest absolute Gasteiger partial charge is 0.224 e. The number of hydrogen-bond acceptors (Lipinski definition) is 5. The molecular formula is C18H22FN5O2S. The molecule has 0 spiro atoms. The first kappa shape index (κ1) is 19.3. The zero-order valence-electron chi connectivity index (χ0n) is 15.1. The summed E-state index contributed by atoms with van der Waals surface area (Å²) in [5.74, 6) is 0.0749. The maximum Gasteiger partial charge on any atom is 0.224 e. The molecule has 1 aromatic carbocycles. The second-order valence-electron chi connectivity index (χ2n) is 6.50. The summed E-state index contributed by atoms with van der Waals surface area (Å²) in [6.07, 6.45) is 2.51. The third-order valence-electron chi connectivity index (χ3n) is 4.44. The fraction of sp³-hybridized carbons (Fsp3) is 0.444. The van der Waals surface area contributed by atoms with Crippen LogP contribution in [0, 0.1) is 11.7 Å². The molecule has 2 aromatic rings. The number of piperidine rings is 1. The topological polar surface area (TPSA) is 80.1 Å². The molecule has 1 aromatic heterocycles. The van der Waals surface area contributed by atoms with E-state index < -0.39 is 0 Å². The van der Waals surface area contributed by atoms with E-state index in [-0.39, 0.29) is 23.5 Å². The van der Waals surface area contributed by atoms with Gasteiger partial charge in [-0.15, -0.1) is 10.2 Å². The van der Waals surface area contributed by atoms with Crippen LogP contribution in [-0.4, -0.2) is 50.3 Å². The van der Waals surface area contributed by atoms with Crippen molar-refractivity contribution in [3.8, 4) is 0 Å². The number of benzene rings is 1. The number of nitrogens with one attached hydrogen (secondary N) is 1. The molecule has 2 amide bonds. The molecule has 0 radical (unpaired) electrons. The second-order valence-corrected chi connectivity index (χ2v) is 7.57. The molecule has 3 rings (SSSR count). The van der Waals surface area contributed by atoms with E-state index >= 15 is 0 Å². The van der Waals surface area contributed by atoms with Crippen molar-refractivity contribution in [1.82, 2.24) is 25.0 Å². The number of halogens is 1. The number of aryl methyl sites for hydroxylation is 1. The third-order valence-corrected chi connectivity index (χ3v) is 5.47. The van der Waals surface area contributed by atoms with Gasteiger partial charge in [-0.3, -0.25) is 9.59 Å². The molecule has 1 aliphatic rings. The van der Waals surface area contributed by atoms with Crippen LogP contribution in [-0.2, 0) is 23.2 Å². The van der Waals surface area contributed by atoms with Crippen LogP contribution in [0.4, 0.5) is 4.39 Å². The number of aromatic nitrogens is 3. The maximum absolute atomic E-state index is 13.3. The third kappa shape index (κ3) is 5.29. The molecule has 144 valence electrons. The quantitative estimate of drug-likeness (QED) is 0.573. The van der Waals surface area contributed by atoms with Crippen molar-refractivity contribution >= 4 is 23.6 Å². The van der Waals surface area contributed by atoms with E-state index in [9.17, 15) is 14.0 Å². The summed E-state index contributed by atoms with van der Waals surface area (Å²) in [6.45, 7) is 1.20. The van der Waals surface area contributed by atoms with Crippen molar-refractivity contribution in [2.75, 3.05) is 18.8 Å². The summed E-state index contributed by atoms with van der Waals surface area (Å²) in [5, 5.41) is 11.5. The van der Waals surface area contributed by atoms with Gasteiger partial charge in [-0.2, -0.15) is 0 Å². The molecule has 9 heteroatoms. The van der Waals surface area contributed by atoms with Gasteiger partial charge < -0.3 is 14.8 Å². The van der Waals surface area contributed by atoms with Crippen LogP contribution in [0.5, 0.6) is 0 Å². The molecule has 0 aliphatic carbocycles. The SMILES string of the molecule is Cn1cnnc1SCCNC(=O)[C@@H]1CCC(=O)N(Cc2cccc(F)c2)C1. The Kier molecular flexibility index (Phi) is 6.44. The molecule has 7 nitrogen and oxygen atoms in total. The minimum absolute atomic E-state index is 0.00106. The Balaban J connectivity index is 1.47. The lowest BCUT2D eigenvalue weighted by Crippen LogP contribution is -2.45. The second kappa shape index (κ2) is 8.98. The largest absolute Gasteiger partial charge is 0.355 e. The molecular weight excluding hydrogens is 369 g/mol. The summed E-state index contributed by atoms with van der Waals surface area (Å²) in [4.78, 5) is 26.2. The van der Waals surface area contributed by atoms with Crippen molar-refractivity contribution in [3.05, 3.63) is 42.0 Å². The number of amides is 2. The summed E-state index contributed by atoms with van der Waals surface area (Å²) in [7, 11) is 1.87. The van der Waals surface area contributed by atoms with Gasteiger partial charge in [0.25, 0.3) is 0 Å². The van der Waals surface area contributed by atoms with E-state index in [4.69, 9.17) is 0 Å². The van der Waals surface area contributed by atoms with Crippen LogP contribution in [0.25, 0.3) is 0 Å². The van der Waals surface area contributed by atoms with E-state index in [1.807, 2.05) is 11.6 Å². The van der Waals surface area contributed by atoms with Gasteiger partial charge in [0.15, 0.2) is 5.16 Å². The van der Waals surface area contributed by atoms with Gasteiger partial charge in [0.05, 0.1) is 5.92 Å². The van der Waals surface area contributed by atoms with Gasteiger partial charge in [0.1, 0.15) is 12.1 Å². The Labute approximate surface area is 161 Å². The summed E-state index contributed by atoms with van der Waals surface area (Å²) >= 11 is 1.52. The number of hydrogen-bond donors (Lipinski definition) is 1. The molecule has 27 heavy (non-hydrogen) atoms. The Morgan fingerprint density at radius 2 is 2.30 bits per heavy atom. The minimum atomic E-state index is -0.327. The predicted octanol–water partition coefficient (Wildman–Crippen LogP) is 1.60. The highest BCUT2D eigenvalue weighted by Gasteiger charge is 2.30. The van der Waals surface area contributed by atoms with Gasteiger partial charge in [0, 0.05) is 38.9 Å². The van der Waals surface area contributed by atoms with Crippen molar-refractivity contribution in [1.29, 1.82) is 0 Å². The fourth-order valence-electron chi connectivity index (χ4n) is 3.00. The first-order chi connectivity index (χ1) is 13.0. The Hall–Kier alpha value is -2.42. The van der Waals surface area contributed by atoms with Gasteiger partial charge in [-0.25, -0.2) is 4.39 Å². The molecule has 2 heterocycles. The highest BCUT2D eigenvalue weighted by molar-refractivity contribution is 7.99. The first-order valence-electron chi connectivity index (χ1n) is 8.79. The molecule has 1 aliphatic heterocycles. The van der Waals surface area contributed by atoms with Crippen molar-refractivity contribution in [2.24, 2.45) is 13.0 Å². The van der Waals surface area contributed by atoms with E-state index in [0.29, 0.717) is 38.2 Å². The average molecular weight is 391 g/mol. The minimum Gasteiger partial charge on any atom is -0.355 e. The standard InChI is InChI=1S/C18H22FN5O2S/c1-23-12-21-22-18(23)27-8-7-20-17(26)14-5-6-16(25)24(11-14)10-13-3-2-4-15(19)9-13/h2-4,9,12,14H,5-8,10-11H2,1H3,(H,20,26)/t14-/m1/s1. The number of carbonyl (C=O) groups is 2. The van der Waals surface area contributed by atoms with Crippen molar-refractivity contribution in [2.45, 2.75) is 24.5 Å². The monoisotopic (exact) mass is 391 g/mol. The molecule has 0 unspecified atom stereocenters. The Morgan fingerprint density at radius 1 is 1.44 bits per heavy atom. The fourth-order valence-corrected chi connectivity index (χ4v) is 3.74. The first-order valence-corrected chi connectivity index (χ1v) is 9.78. The summed E-state index contributed by atoms with van der Waals surface area (Å²) < 4.78 is 15.2. The number of nitrogens with zero attached hydrogens (tertiary/aromatic N) is 4. The molecule has 1 fully saturated rings. The van der Waals surface area contributed by atoms with Crippen LogP contribution < -0.4 is 5.32 Å². The van der Waals surface area contributed by atoms with Gasteiger partial charge in [-0.05, 0) is 24.1 Å². The summed E-state index contributed by atoms with van der Waals surface area (Å²) in [5.41, 5.74) is 0.726. The highest BCUT2D eigenvalue weighted by Crippen LogP contribution is 2.20. The number of thioether (sulfide) groups is 1. The van der Waals surface area contributed by atoms with Crippen molar-refractivity contribution in [3.63, 3.8) is 0 Å². The number of likely N-dealkylation sites (tertiary alicyclic amines) is 1. The van der Waals surface area contributed by atoms with E-state index in [2.05, 4.69) is 15.5 Å². The molecule has 1 atom stereocenters. The van der Waals surface area contributed by atoms with Gasteiger partial charge >= 0.3 is 0 Å².